The number of hydrogen-bond donors (Lipinski definition) is 0. The zero-order valence-corrected chi connectivity index (χ0v) is 8.60. The summed E-state index contributed by atoms with van der Waals surface area (Å²) in [6, 6.07) is 10.9. The Morgan fingerprint density at radius 1 is 1.12 bits per heavy atom. The number of aryl methyl sites for hydroxylation is 1. The molecule has 0 bridgehead atoms. The second kappa shape index (κ2) is 6.06. The Balaban J connectivity index is 2.94. The molecular weight excluding hydrogens is 202 g/mol. The fourth-order valence-electron chi connectivity index (χ4n) is 1.29. The van der Waals surface area contributed by atoms with E-state index in [4.69, 9.17) is 20.5 Å². The van der Waals surface area contributed by atoms with Crippen LogP contribution >= 0.6 is 0 Å². The molecule has 1 aromatic rings. The molecule has 0 aliphatic heterocycles. The van der Waals surface area contributed by atoms with Crippen LogP contribution in [0.25, 0.3) is 0 Å². The third kappa shape index (κ3) is 3.01. The third-order valence-electron chi connectivity index (χ3n) is 1.99. The first-order chi connectivity index (χ1) is 7.81. The number of ether oxygens (including phenoxy) is 1. The van der Waals surface area contributed by atoms with Crippen molar-refractivity contribution in [2.24, 2.45) is 0 Å². The van der Waals surface area contributed by atoms with E-state index < -0.39 is 0 Å². The smallest absolute Gasteiger partial charge is 0.174 e. The van der Waals surface area contributed by atoms with Gasteiger partial charge in [-0.25, -0.2) is 0 Å². The molecule has 4 heteroatoms. The predicted octanol–water partition coefficient (Wildman–Crippen LogP) is 1.92. The Morgan fingerprint density at radius 3 is 2.56 bits per heavy atom. The molecule has 0 heterocycles. The topological polar surface area (TPSA) is 80.6 Å². The largest absolute Gasteiger partial charge is 0.478 e. The summed E-state index contributed by atoms with van der Waals surface area (Å²) in [5, 5.41) is 25.7. The number of benzene rings is 1. The van der Waals surface area contributed by atoms with Crippen molar-refractivity contribution in [3.8, 4) is 24.0 Å². The van der Waals surface area contributed by atoms with E-state index >= 15 is 0 Å². The third-order valence-corrected chi connectivity index (χ3v) is 1.99. The monoisotopic (exact) mass is 211 g/mol. The summed E-state index contributed by atoms with van der Waals surface area (Å²) < 4.78 is 5.20. The van der Waals surface area contributed by atoms with E-state index in [-0.39, 0.29) is 6.61 Å². The van der Waals surface area contributed by atoms with E-state index in [2.05, 4.69) is 0 Å². The summed E-state index contributed by atoms with van der Waals surface area (Å²) in [5.41, 5.74) is 1.31. The van der Waals surface area contributed by atoms with Gasteiger partial charge in [-0.1, -0.05) is 0 Å². The summed E-state index contributed by atoms with van der Waals surface area (Å²) in [4.78, 5) is 0. The van der Waals surface area contributed by atoms with Gasteiger partial charge in [-0.05, 0) is 30.2 Å². The quantitative estimate of drug-likeness (QED) is 0.761. The predicted molar refractivity (Wildman–Crippen MR) is 56.2 cm³/mol. The van der Waals surface area contributed by atoms with Crippen molar-refractivity contribution < 1.29 is 4.74 Å². The van der Waals surface area contributed by atoms with Crippen molar-refractivity contribution >= 4 is 0 Å². The van der Waals surface area contributed by atoms with Crippen LogP contribution in [0.4, 0.5) is 0 Å². The molecule has 4 nitrogen and oxygen atoms in total. The molecule has 0 N–H and O–H groups in total. The average molecular weight is 211 g/mol. The van der Waals surface area contributed by atoms with Gasteiger partial charge in [0.1, 0.15) is 11.8 Å². The van der Waals surface area contributed by atoms with Crippen molar-refractivity contribution in [2.75, 3.05) is 6.61 Å². The van der Waals surface area contributed by atoms with Gasteiger partial charge in [0, 0.05) is 6.42 Å². The van der Waals surface area contributed by atoms with Crippen molar-refractivity contribution in [1.29, 1.82) is 15.8 Å². The van der Waals surface area contributed by atoms with Gasteiger partial charge in [-0.15, -0.1) is 0 Å². The highest BCUT2D eigenvalue weighted by Gasteiger charge is 2.05. The molecule has 0 aliphatic rings. The van der Waals surface area contributed by atoms with Gasteiger partial charge < -0.3 is 4.74 Å². The second-order valence-corrected chi connectivity index (χ2v) is 3.04. The van der Waals surface area contributed by atoms with Gasteiger partial charge in [0.2, 0.25) is 0 Å². The Hall–Kier alpha value is -2.51. The molecule has 0 spiro atoms. The van der Waals surface area contributed by atoms with E-state index in [1.807, 2.05) is 18.2 Å². The average Bonchev–Trinajstić information content (AvgIpc) is 2.34. The Labute approximate surface area is 93.9 Å². The van der Waals surface area contributed by atoms with Crippen molar-refractivity contribution in [3.05, 3.63) is 29.3 Å². The Morgan fingerprint density at radius 2 is 1.94 bits per heavy atom. The van der Waals surface area contributed by atoms with E-state index in [9.17, 15) is 0 Å². The summed E-state index contributed by atoms with van der Waals surface area (Å²) in [6.07, 6.45) is 0.880. The molecule has 0 radical (unpaired) electrons. The van der Waals surface area contributed by atoms with Crippen LogP contribution in [0.5, 0.6) is 5.75 Å². The van der Waals surface area contributed by atoms with Crippen molar-refractivity contribution in [3.63, 3.8) is 0 Å². The summed E-state index contributed by atoms with van der Waals surface area (Å²) >= 11 is 0. The summed E-state index contributed by atoms with van der Waals surface area (Å²) in [6.45, 7) is -0.0363. The lowest BCUT2D eigenvalue weighted by Gasteiger charge is -2.07. The van der Waals surface area contributed by atoms with E-state index in [1.165, 1.54) is 0 Å². The van der Waals surface area contributed by atoms with Crippen molar-refractivity contribution in [1.82, 2.24) is 0 Å². The van der Waals surface area contributed by atoms with Gasteiger partial charge in [-0.2, -0.15) is 15.8 Å². The van der Waals surface area contributed by atoms with Crippen molar-refractivity contribution in [2.45, 2.75) is 12.8 Å². The molecule has 0 aromatic heterocycles. The van der Waals surface area contributed by atoms with Gasteiger partial charge in [0.05, 0.1) is 17.7 Å². The zero-order valence-electron chi connectivity index (χ0n) is 8.60. The maximum atomic E-state index is 8.75. The standard InChI is InChI=1S/C12H9N3O/c13-5-1-2-11-8-10(9-15)3-4-12(11)16-7-6-14/h3-4,8H,1-2,7H2. The van der Waals surface area contributed by atoms with Crippen LogP contribution in [0.15, 0.2) is 18.2 Å². The molecule has 0 saturated heterocycles. The molecule has 78 valence electrons. The Kier molecular flexibility index (Phi) is 4.38. The Bertz CT molecular complexity index is 488. The van der Waals surface area contributed by atoms with Crippen LogP contribution in [0, 0.1) is 34.0 Å². The van der Waals surface area contributed by atoms with Gasteiger partial charge >= 0.3 is 0 Å². The number of hydrogen-bond acceptors (Lipinski definition) is 4. The van der Waals surface area contributed by atoms with Crippen LogP contribution < -0.4 is 4.74 Å². The number of nitrogens with zero attached hydrogens (tertiary/aromatic N) is 3. The van der Waals surface area contributed by atoms with Crippen LogP contribution in [0.1, 0.15) is 17.5 Å². The van der Waals surface area contributed by atoms with E-state index in [0.29, 0.717) is 24.2 Å². The molecule has 0 amide bonds. The van der Waals surface area contributed by atoms with Gasteiger partial charge in [-0.3, -0.25) is 0 Å². The first-order valence-electron chi connectivity index (χ1n) is 4.71. The van der Waals surface area contributed by atoms with Gasteiger partial charge in [0.25, 0.3) is 0 Å². The lowest BCUT2D eigenvalue weighted by molar-refractivity contribution is 0.364. The van der Waals surface area contributed by atoms with E-state index in [0.717, 1.165) is 5.56 Å². The second-order valence-electron chi connectivity index (χ2n) is 3.04. The lowest BCUT2D eigenvalue weighted by atomic mass is 10.1. The van der Waals surface area contributed by atoms with Gasteiger partial charge in [0.15, 0.2) is 6.61 Å². The van der Waals surface area contributed by atoms with Crippen LogP contribution in [0.2, 0.25) is 0 Å². The lowest BCUT2D eigenvalue weighted by Crippen LogP contribution is -1.98. The number of nitriles is 3. The van der Waals surface area contributed by atoms with Crippen LogP contribution in [0.3, 0.4) is 0 Å². The highest BCUT2D eigenvalue weighted by atomic mass is 16.5. The minimum atomic E-state index is -0.0363. The maximum absolute atomic E-state index is 8.75. The minimum absolute atomic E-state index is 0.0363. The maximum Gasteiger partial charge on any atom is 0.174 e. The first kappa shape index (κ1) is 11.6. The normalized spacial score (nSPS) is 8.56. The molecular formula is C12H9N3O. The number of rotatable bonds is 4. The molecule has 1 aromatic carbocycles. The highest BCUT2D eigenvalue weighted by molar-refractivity contribution is 5.42. The molecule has 0 fully saturated rings. The minimum Gasteiger partial charge on any atom is -0.478 e. The van der Waals surface area contributed by atoms with E-state index in [1.54, 1.807) is 18.2 Å². The summed E-state index contributed by atoms with van der Waals surface area (Å²) in [7, 11) is 0. The van der Waals surface area contributed by atoms with Crippen LogP contribution in [-0.4, -0.2) is 6.61 Å². The fraction of sp³-hybridized carbons (Fsp3) is 0.250. The zero-order chi connectivity index (χ0) is 11.8. The fourth-order valence-corrected chi connectivity index (χ4v) is 1.29. The summed E-state index contributed by atoms with van der Waals surface area (Å²) in [5.74, 6) is 0.566. The molecule has 0 atom stereocenters. The molecule has 0 saturated carbocycles. The van der Waals surface area contributed by atoms with Crippen LogP contribution in [-0.2, 0) is 6.42 Å². The highest BCUT2D eigenvalue weighted by Crippen LogP contribution is 2.21. The molecule has 0 aliphatic carbocycles. The molecule has 0 unspecified atom stereocenters. The molecule has 1 rings (SSSR count). The SMILES string of the molecule is N#CCCc1cc(C#N)ccc1OCC#N. The molecule has 16 heavy (non-hydrogen) atoms. The first-order valence-corrected chi connectivity index (χ1v) is 4.71.